The van der Waals surface area contributed by atoms with Gasteiger partial charge in [0.15, 0.2) is 0 Å². The van der Waals surface area contributed by atoms with Crippen molar-refractivity contribution in [3.8, 4) is 5.75 Å². The highest BCUT2D eigenvalue weighted by Gasteiger charge is 2.34. The van der Waals surface area contributed by atoms with E-state index in [2.05, 4.69) is 5.32 Å². The van der Waals surface area contributed by atoms with Crippen molar-refractivity contribution in [2.75, 3.05) is 18.0 Å². The summed E-state index contributed by atoms with van der Waals surface area (Å²) in [5.41, 5.74) is 0.525. The molecule has 0 aliphatic carbocycles. The first-order valence-electron chi connectivity index (χ1n) is 12.3. The van der Waals surface area contributed by atoms with Crippen LogP contribution in [0.3, 0.4) is 0 Å². The number of hydrogen-bond donors (Lipinski definition) is 1. The second kappa shape index (κ2) is 12.1. The maximum Gasteiger partial charge on any atom is 0.264 e. The van der Waals surface area contributed by atoms with Crippen molar-refractivity contribution in [1.82, 2.24) is 10.2 Å². The van der Waals surface area contributed by atoms with Crippen LogP contribution in [0.15, 0.2) is 89.8 Å². The lowest BCUT2D eigenvalue weighted by Gasteiger charge is -2.33. The molecule has 0 fully saturated rings. The summed E-state index contributed by atoms with van der Waals surface area (Å²) in [5, 5.41) is 2.91. The van der Waals surface area contributed by atoms with Gasteiger partial charge in [-0.05, 0) is 57.5 Å². The molecule has 38 heavy (non-hydrogen) atoms. The second-order valence-electron chi connectivity index (χ2n) is 9.92. The molecule has 0 saturated heterocycles. The molecule has 3 rings (SSSR count). The first-order chi connectivity index (χ1) is 17.9. The average Bonchev–Trinajstić information content (AvgIpc) is 2.90. The number of sulfonamides is 1. The van der Waals surface area contributed by atoms with E-state index in [1.165, 1.54) is 24.1 Å². The van der Waals surface area contributed by atoms with Crippen molar-refractivity contribution in [1.29, 1.82) is 0 Å². The molecule has 0 aliphatic rings. The first kappa shape index (κ1) is 28.7. The van der Waals surface area contributed by atoms with Crippen LogP contribution in [0.5, 0.6) is 5.75 Å². The Kier molecular flexibility index (Phi) is 9.17. The Bertz CT molecular complexity index is 1340. The molecular weight excluding hydrogens is 502 g/mol. The molecule has 1 N–H and O–H groups in total. The predicted octanol–water partition coefficient (Wildman–Crippen LogP) is 4.22. The van der Waals surface area contributed by atoms with Gasteiger partial charge in [-0.3, -0.25) is 13.9 Å². The molecule has 3 aromatic rings. The minimum absolute atomic E-state index is 0.0341. The number of carbonyl (C=O) groups excluding carboxylic acids is 2. The van der Waals surface area contributed by atoms with Gasteiger partial charge in [0, 0.05) is 12.1 Å². The van der Waals surface area contributed by atoms with Gasteiger partial charge in [-0.25, -0.2) is 8.42 Å². The molecule has 0 spiro atoms. The lowest BCUT2D eigenvalue weighted by Crippen LogP contribution is -2.54. The third-order valence-corrected chi connectivity index (χ3v) is 7.60. The number of amides is 2. The van der Waals surface area contributed by atoms with E-state index in [0.29, 0.717) is 5.75 Å². The highest BCUT2D eigenvalue weighted by atomic mass is 32.2. The summed E-state index contributed by atoms with van der Waals surface area (Å²) >= 11 is 0. The number of nitrogens with one attached hydrogen (secondary N) is 1. The van der Waals surface area contributed by atoms with Crippen molar-refractivity contribution < 1.29 is 22.7 Å². The average molecular weight is 538 g/mol. The molecule has 3 aromatic carbocycles. The summed E-state index contributed by atoms with van der Waals surface area (Å²) in [6, 6.07) is 22.9. The number of methoxy groups -OCH3 is 1. The van der Waals surface area contributed by atoms with Gasteiger partial charge >= 0.3 is 0 Å². The normalized spacial score (nSPS) is 12.3. The van der Waals surface area contributed by atoms with Crippen LogP contribution in [0, 0.1) is 0 Å². The zero-order valence-corrected chi connectivity index (χ0v) is 23.2. The highest BCUT2D eigenvalue weighted by Crippen LogP contribution is 2.32. The summed E-state index contributed by atoms with van der Waals surface area (Å²) in [5.74, 6) is -0.569. The largest absolute Gasteiger partial charge is 0.495 e. The van der Waals surface area contributed by atoms with Crippen LogP contribution in [0.25, 0.3) is 0 Å². The SMILES string of the molecule is COc1ccccc1N(CC(=O)N(Cc1ccccc1)[C@H](C)C(=O)NC(C)(C)C)S(=O)(=O)c1ccccc1. The first-order valence-corrected chi connectivity index (χ1v) is 13.7. The molecular formula is C29H35N3O5S. The van der Waals surface area contributed by atoms with E-state index in [0.717, 1.165) is 9.87 Å². The monoisotopic (exact) mass is 537 g/mol. The van der Waals surface area contributed by atoms with Gasteiger partial charge in [0.05, 0.1) is 17.7 Å². The van der Waals surface area contributed by atoms with Crippen LogP contribution in [-0.4, -0.2) is 50.4 Å². The Morgan fingerprint density at radius 3 is 2.03 bits per heavy atom. The van der Waals surface area contributed by atoms with Gasteiger partial charge in [0.1, 0.15) is 18.3 Å². The van der Waals surface area contributed by atoms with Crippen LogP contribution in [-0.2, 0) is 26.2 Å². The predicted molar refractivity (Wildman–Crippen MR) is 148 cm³/mol. The Balaban J connectivity index is 2.05. The molecule has 9 heteroatoms. The van der Waals surface area contributed by atoms with Crippen LogP contribution >= 0.6 is 0 Å². The minimum Gasteiger partial charge on any atom is -0.495 e. The van der Waals surface area contributed by atoms with Crippen LogP contribution in [0.4, 0.5) is 5.69 Å². The van der Waals surface area contributed by atoms with Gasteiger partial charge in [-0.1, -0.05) is 60.7 Å². The Labute approximate surface area is 225 Å². The number of ether oxygens (including phenoxy) is 1. The summed E-state index contributed by atoms with van der Waals surface area (Å²) in [6.45, 7) is 6.81. The molecule has 8 nitrogen and oxygen atoms in total. The maximum atomic E-state index is 13.9. The fraction of sp³-hybridized carbons (Fsp3) is 0.310. The molecule has 2 amide bonds. The molecule has 0 unspecified atom stereocenters. The van der Waals surface area contributed by atoms with Gasteiger partial charge in [0.25, 0.3) is 10.0 Å². The Hall–Kier alpha value is -3.85. The smallest absolute Gasteiger partial charge is 0.264 e. The van der Waals surface area contributed by atoms with Crippen LogP contribution in [0.1, 0.15) is 33.3 Å². The number of para-hydroxylation sites is 2. The summed E-state index contributed by atoms with van der Waals surface area (Å²) in [7, 11) is -2.72. The molecule has 1 atom stereocenters. The standard InChI is InChI=1S/C29H35N3O5S/c1-22(28(34)30-29(2,3)4)31(20-23-14-8-6-9-15-23)27(33)21-32(25-18-12-13-19-26(25)37-5)38(35,36)24-16-10-7-11-17-24/h6-19,22H,20-21H2,1-5H3,(H,30,34)/t22-/m1/s1. The number of rotatable bonds is 10. The number of hydrogen-bond acceptors (Lipinski definition) is 5. The van der Waals surface area contributed by atoms with Gasteiger partial charge in [-0.15, -0.1) is 0 Å². The lowest BCUT2D eigenvalue weighted by atomic mass is 10.1. The quantitative estimate of drug-likeness (QED) is 0.418. The molecule has 0 aromatic heterocycles. The third kappa shape index (κ3) is 7.13. The molecule has 0 aliphatic heterocycles. The molecule has 0 heterocycles. The Morgan fingerprint density at radius 2 is 1.45 bits per heavy atom. The lowest BCUT2D eigenvalue weighted by molar-refractivity contribution is -0.140. The summed E-state index contributed by atoms with van der Waals surface area (Å²) in [4.78, 5) is 28.5. The van der Waals surface area contributed by atoms with E-state index in [1.54, 1.807) is 49.4 Å². The van der Waals surface area contributed by atoms with E-state index >= 15 is 0 Å². The fourth-order valence-corrected chi connectivity index (χ4v) is 5.35. The van der Waals surface area contributed by atoms with E-state index in [1.807, 2.05) is 51.1 Å². The van der Waals surface area contributed by atoms with E-state index in [9.17, 15) is 18.0 Å². The van der Waals surface area contributed by atoms with E-state index in [-0.39, 0.29) is 23.0 Å². The summed E-state index contributed by atoms with van der Waals surface area (Å²) in [6.07, 6.45) is 0. The zero-order valence-electron chi connectivity index (χ0n) is 22.4. The van der Waals surface area contributed by atoms with Crippen molar-refractivity contribution in [2.24, 2.45) is 0 Å². The van der Waals surface area contributed by atoms with E-state index < -0.39 is 34.1 Å². The van der Waals surface area contributed by atoms with Crippen molar-refractivity contribution in [2.45, 2.75) is 50.7 Å². The molecule has 202 valence electrons. The maximum absolute atomic E-state index is 13.9. The Morgan fingerprint density at radius 1 is 0.895 bits per heavy atom. The minimum atomic E-state index is -4.16. The van der Waals surface area contributed by atoms with E-state index in [4.69, 9.17) is 4.74 Å². The fourth-order valence-electron chi connectivity index (χ4n) is 3.91. The van der Waals surface area contributed by atoms with Gasteiger partial charge in [0.2, 0.25) is 11.8 Å². The number of nitrogens with zero attached hydrogens (tertiary/aromatic N) is 2. The third-order valence-electron chi connectivity index (χ3n) is 5.83. The number of benzene rings is 3. The van der Waals surface area contributed by atoms with Crippen LogP contribution < -0.4 is 14.4 Å². The van der Waals surface area contributed by atoms with Gasteiger partial charge < -0.3 is 15.0 Å². The zero-order chi connectivity index (χ0) is 27.9. The van der Waals surface area contributed by atoms with Gasteiger partial charge in [-0.2, -0.15) is 0 Å². The van der Waals surface area contributed by atoms with Crippen molar-refractivity contribution in [3.63, 3.8) is 0 Å². The molecule has 0 bridgehead atoms. The molecule has 0 radical (unpaired) electrons. The van der Waals surface area contributed by atoms with Crippen molar-refractivity contribution >= 4 is 27.5 Å². The molecule has 0 saturated carbocycles. The second-order valence-corrected chi connectivity index (χ2v) is 11.8. The van der Waals surface area contributed by atoms with Crippen molar-refractivity contribution in [3.05, 3.63) is 90.5 Å². The topological polar surface area (TPSA) is 96.0 Å². The number of carbonyl (C=O) groups is 2. The summed E-state index contributed by atoms with van der Waals surface area (Å²) < 4.78 is 34.1. The number of anilines is 1. The van der Waals surface area contributed by atoms with Crippen LogP contribution in [0.2, 0.25) is 0 Å². The highest BCUT2D eigenvalue weighted by molar-refractivity contribution is 7.92.